The van der Waals surface area contributed by atoms with Crippen molar-refractivity contribution >= 4 is 17.3 Å². The van der Waals surface area contributed by atoms with Crippen molar-refractivity contribution in [1.82, 2.24) is 0 Å². The number of nitro groups is 1. The van der Waals surface area contributed by atoms with Gasteiger partial charge in [0.1, 0.15) is 11.6 Å². The highest BCUT2D eigenvalue weighted by Gasteiger charge is 2.23. The van der Waals surface area contributed by atoms with Gasteiger partial charge in [0, 0.05) is 11.1 Å². The maximum absolute atomic E-state index is 12.0. The standard InChI is InChI=1S/C8H3ClF2N2O3/c9-5-1-4(3-12)7(16-8(10)11)6(2-5)13(14)15/h1-2,8H. The molecule has 84 valence electrons. The molecule has 0 fully saturated rings. The molecule has 16 heavy (non-hydrogen) atoms. The Hall–Kier alpha value is -1.94. The lowest BCUT2D eigenvalue weighted by atomic mass is 10.2. The van der Waals surface area contributed by atoms with Gasteiger partial charge in [-0.05, 0) is 6.07 Å². The van der Waals surface area contributed by atoms with Crippen molar-refractivity contribution in [2.75, 3.05) is 0 Å². The number of hydrogen-bond donors (Lipinski definition) is 0. The fourth-order valence-corrected chi connectivity index (χ4v) is 1.22. The van der Waals surface area contributed by atoms with Crippen LogP contribution in [0.5, 0.6) is 5.75 Å². The van der Waals surface area contributed by atoms with Gasteiger partial charge in [-0.1, -0.05) is 11.6 Å². The highest BCUT2D eigenvalue weighted by atomic mass is 35.5. The molecular weight excluding hydrogens is 246 g/mol. The molecule has 0 spiro atoms. The van der Waals surface area contributed by atoms with Crippen molar-refractivity contribution < 1.29 is 18.4 Å². The Bertz CT molecular complexity index is 473. The van der Waals surface area contributed by atoms with Gasteiger partial charge in [-0.15, -0.1) is 0 Å². The first kappa shape index (κ1) is 12.1. The Kier molecular flexibility index (Phi) is 3.58. The minimum atomic E-state index is -3.26. The number of nitro benzene ring substituents is 1. The van der Waals surface area contributed by atoms with Crippen LogP contribution in [0.15, 0.2) is 12.1 Å². The third-order valence-corrected chi connectivity index (χ3v) is 1.78. The molecule has 0 heterocycles. The third kappa shape index (κ3) is 2.55. The van der Waals surface area contributed by atoms with Crippen LogP contribution in [0.4, 0.5) is 14.5 Å². The fourth-order valence-electron chi connectivity index (χ4n) is 1.01. The molecule has 0 aliphatic rings. The van der Waals surface area contributed by atoms with E-state index in [0.717, 1.165) is 12.1 Å². The molecule has 0 bridgehead atoms. The molecule has 5 nitrogen and oxygen atoms in total. The van der Waals surface area contributed by atoms with Crippen molar-refractivity contribution in [3.63, 3.8) is 0 Å². The molecule has 1 aromatic carbocycles. The number of alkyl halides is 2. The van der Waals surface area contributed by atoms with E-state index < -0.39 is 28.5 Å². The molecule has 1 aromatic rings. The van der Waals surface area contributed by atoms with E-state index in [4.69, 9.17) is 16.9 Å². The minimum Gasteiger partial charge on any atom is -0.426 e. The van der Waals surface area contributed by atoms with Gasteiger partial charge >= 0.3 is 12.3 Å². The first-order valence-electron chi connectivity index (χ1n) is 3.78. The van der Waals surface area contributed by atoms with Crippen molar-refractivity contribution in [1.29, 1.82) is 5.26 Å². The molecule has 0 N–H and O–H groups in total. The minimum absolute atomic E-state index is 0.107. The van der Waals surface area contributed by atoms with Crippen molar-refractivity contribution in [2.24, 2.45) is 0 Å². The van der Waals surface area contributed by atoms with E-state index in [1.165, 1.54) is 6.07 Å². The fraction of sp³-hybridized carbons (Fsp3) is 0.125. The van der Waals surface area contributed by atoms with Crippen LogP contribution in [-0.2, 0) is 0 Å². The van der Waals surface area contributed by atoms with Gasteiger partial charge in [-0.3, -0.25) is 10.1 Å². The normalized spacial score (nSPS) is 9.94. The average molecular weight is 249 g/mol. The lowest BCUT2D eigenvalue weighted by molar-refractivity contribution is -0.386. The predicted octanol–water partition coefficient (Wildman–Crippen LogP) is 2.72. The van der Waals surface area contributed by atoms with Gasteiger partial charge < -0.3 is 4.74 Å². The first-order valence-corrected chi connectivity index (χ1v) is 4.16. The van der Waals surface area contributed by atoms with Crippen LogP contribution < -0.4 is 4.74 Å². The quantitative estimate of drug-likeness (QED) is 0.609. The van der Waals surface area contributed by atoms with Crippen LogP contribution in [0.3, 0.4) is 0 Å². The van der Waals surface area contributed by atoms with Gasteiger partial charge in [0.25, 0.3) is 0 Å². The molecule has 0 aliphatic carbocycles. The summed E-state index contributed by atoms with van der Waals surface area (Å²) in [7, 11) is 0. The Morgan fingerprint density at radius 2 is 2.19 bits per heavy atom. The summed E-state index contributed by atoms with van der Waals surface area (Å²) in [5.41, 5.74) is -1.19. The maximum atomic E-state index is 12.0. The summed E-state index contributed by atoms with van der Waals surface area (Å²) in [5.74, 6) is -0.785. The van der Waals surface area contributed by atoms with E-state index >= 15 is 0 Å². The number of hydrogen-bond acceptors (Lipinski definition) is 4. The van der Waals surface area contributed by atoms with Crippen LogP contribution in [0, 0.1) is 21.4 Å². The number of benzene rings is 1. The molecule has 0 atom stereocenters. The molecule has 1 rings (SSSR count). The van der Waals surface area contributed by atoms with E-state index in [1.807, 2.05) is 0 Å². The molecule has 0 unspecified atom stereocenters. The third-order valence-electron chi connectivity index (χ3n) is 1.56. The summed E-state index contributed by atoms with van der Waals surface area (Å²) in [6.45, 7) is -3.26. The average Bonchev–Trinajstić information content (AvgIpc) is 2.19. The van der Waals surface area contributed by atoms with E-state index in [9.17, 15) is 18.9 Å². The highest BCUT2D eigenvalue weighted by Crippen LogP contribution is 2.34. The number of nitrogens with zero attached hydrogens (tertiary/aromatic N) is 2. The number of ether oxygens (including phenoxy) is 1. The van der Waals surface area contributed by atoms with Crippen LogP contribution in [0.25, 0.3) is 0 Å². The molecule has 0 radical (unpaired) electrons. The second kappa shape index (κ2) is 4.72. The van der Waals surface area contributed by atoms with E-state index in [0.29, 0.717) is 0 Å². The predicted molar refractivity (Wildman–Crippen MR) is 49.5 cm³/mol. The van der Waals surface area contributed by atoms with Crippen LogP contribution >= 0.6 is 11.6 Å². The zero-order valence-corrected chi connectivity index (χ0v) is 8.24. The smallest absolute Gasteiger partial charge is 0.387 e. The molecule has 0 aromatic heterocycles. The molecule has 0 amide bonds. The second-order valence-corrected chi connectivity index (χ2v) is 2.99. The SMILES string of the molecule is N#Cc1cc(Cl)cc([N+](=O)[O-])c1OC(F)F. The van der Waals surface area contributed by atoms with Gasteiger partial charge in [0.05, 0.1) is 4.92 Å². The largest absolute Gasteiger partial charge is 0.426 e. The number of nitriles is 1. The Morgan fingerprint density at radius 3 is 2.62 bits per heavy atom. The Balaban J connectivity index is 3.40. The molecule has 0 saturated carbocycles. The summed E-state index contributed by atoms with van der Waals surface area (Å²) in [6, 6.07) is 3.33. The van der Waals surface area contributed by atoms with Crippen LogP contribution in [0.1, 0.15) is 5.56 Å². The molecular formula is C8H3ClF2N2O3. The molecule has 0 saturated heterocycles. The van der Waals surface area contributed by atoms with Gasteiger partial charge in [-0.2, -0.15) is 14.0 Å². The van der Waals surface area contributed by atoms with E-state index in [2.05, 4.69) is 4.74 Å². The molecule has 0 aliphatic heterocycles. The summed E-state index contributed by atoms with van der Waals surface area (Å²) < 4.78 is 27.9. The zero-order chi connectivity index (χ0) is 12.3. The number of halogens is 3. The lowest BCUT2D eigenvalue weighted by Gasteiger charge is -2.06. The topological polar surface area (TPSA) is 76.2 Å². The van der Waals surface area contributed by atoms with Gasteiger partial charge in [0.15, 0.2) is 0 Å². The Morgan fingerprint density at radius 1 is 1.56 bits per heavy atom. The first-order chi connectivity index (χ1) is 7.45. The Labute approximate surface area is 93.0 Å². The summed E-state index contributed by atoms with van der Waals surface area (Å²) in [6.07, 6.45) is 0. The van der Waals surface area contributed by atoms with Gasteiger partial charge in [-0.25, -0.2) is 0 Å². The maximum Gasteiger partial charge on any atom is 0.387 e. The summed E-state index contributed by atoms with van der Waals surface area (Å²) in [5, 5.41) is 19.0. The lowest BCUT2D eigenvalue weighted by Crippen LogP contribution is -2.06. The monoisotopic (exact) mass is 248 g/mol. The van der Waals surface area contributed by atoms with Crippen molar-refractivity contribution in [3.8, 4) is 11.8 Å². The van der Waals surface area contributed by atoms with E-state index in [-0.39, 0.29) is 5.02 Å². The molecule has 8 heteroatoms. The van der Waals surface area contributed by atoms with Crippen molar-refractivity contribution in [2.45, 2.75) is 6.61 Å². The van der Waals surface area contributed by atoms with E-state index in [1.54, 1.807) is 0 Å². The summed E-state index contributed by atoms with van der Waals surface area (Å²) in [4.78, 5) is 9.58. The highest BCUT2D eigenvalue weighted by molar-refractivity contribution is 6.31. The van der Waals surface area contributed by atoms with Gasteiger partial charge in [0.2, 0.25) is 5.75 Å². The summed E-state index contributed by atoms with van der Waals surface area (Å²) >= 11 is 5.48. The van der Waals surface area contributed by atoms with Crippen LogP contribution in [0.2, 0.25) is 5.02 Å². The zero-order valence-electron chi connectivity index (χ0n) is 7.49. The van der Waals surface area contributed by atoms with Crippen molar-refractivity contribution in [3.05, 3.63) is 32.8 Å². The number of rotatable bonds is 3. The van der Waals surface area contributed by atoms with Crippen LogP contribution in [-0.4, -0.2) is 11.5 Å². The second-order valence-electron chi connectivity index (χ2n) is 2.55.